The molecular formula is C16H16B2O4. The number of benzene rings is 2. The third kappa shape index (κ3) is 2.29. The zero-order valence-corrected chi connectivity index (χ0v) is 12.6. The van der Waals surface area contributed by atoms with Gasteiger partial charge in [0.15, 0.2) is 20.9 Å². The van der Waals surface area contributed by atoms with Crippen molar-refractivity contribution in [1.29, 1.82) is 0 Å². The molecule has 0 amide bonds. The zero-order chi connectivity index (χ0) is 15.9. The van der Waals surface area contributed by atoms with Gasteiger partial charge < -0.3 is 14.9 Å². The summed E-state index contributed by atoms with van der Waals surface area (Å²) in [7, 11) is 2.83. The summed E-state index contributed by atoms with van der Waals surface area (Å²) in [6, 6.07) is 6.93. The highest BCUT2D eigenvalue weighted by atomic mass is 16.5. The van der Waals surface area contributed by atoms with Crippen LogP contribution in [0.25, 0.3) is 16.8 Å². The van der Waals surface area contributed by atoms with Gasteiger partial charge in [0.05, 0.1) is 11.0 Å². The number of hydrogen-bond donors (Lipinski definition) is 2. The van der Waals surface area contributed by atoms with Crippen molar-refractivity contribution in [2.24, 2.45) is 0 Å². The van der Waals surface area contributed by atoms with Gasteiger partial charge in [-0.1, -0.05) is 31.1 Å². The number of aliphatic hydroxyl groups excluding tert-OH is 1. The molecule has 1 heterocycles. The maximum Gasteiger partial charge on any atom is 0.191 e. The van der Waals surface area contributed by atoms with Crippen molar-refractivity contribution in [2.45, 2.75) is 12.2 Å². The van der Waals surface area contributed by atoms with E-state index in [9.17, 15) is 9.90 Å². The van der Waals surface area contributed by atoms with Crippen molar-refractivity contribution in [2.75, 3.05) is 6.61 Å². The predicted molar refractivity (Wildman–Crippen MR) is 91.0 cm³/mol. The summed E-state index contributed by atoms with van der Waals surface area (Å²) in [5, 5.41) is 20.2. The molecule has 6 heteroatoms. The number of carbonyl (C=O) groups is 1. The van der Waals surface area contributed by atoms with Crippen molar-refractivity contribution < 1.29 is 19.7 Å². The van der Waals surface area contributed by atoms with Crippen LogP contribution < -0.4 is 4.74 Å². The number of aliphatic hydroxyl groups is 1. The highest BCUT2D eigenvalue weighted by molar-refractivity contribution is 6.53. The van der Waals surface area contributed by atoms with Crippen LogP contribution in [0.5, 0.6) is 11.5 Å². The molecule has 0 aromatic heterocycles. The van der Waals surface area contributed by atoms with Gasteiger partial charge in [-0.15, -0.1) is 0 Å². The van der Waals surface area contributed by atoms with E-state index >= 15 is 0 Å². The quantitative estimate of drug-likeness (QED) is 0.652. The predicted octanol–water partition coefficient (Wildman–Crippen LogP) is 0.897. The fraction of sp³-hybridized carbons (Fsp3) is 0.188. The second kappa shape index (κ2) is 5.21. The SMILES string of the molecule is BC1(BC)C=Cc2ccc3cc(C(=O)CO)c(O)cc3c2O1. The lowest BCUT2D eigenvalue weighted by Crippen LogP contribution is -2.41. The molecule has 2 aromatic rings. The second-order valence-electron chi connectivity index (χ2n) is 5.76. The van der Waals surface area contributed by atoms with Crippen molar-refractivity contribution in [3.8, 4) is 11.5 Å². The van der Waals surface area contributed by atoms with E-state index in [0.717, 1.165) is 23.6 Å². The molecule has 0 fully saturated rings. The molecule has 0 aliphatic carbocycles. The summed E-state index contributed by atoms with van der Waals surface area (Å²) >= 11 is 0. The lowest BCUT2D eigenvalue weighted by molar-refractivity contribution is 0.0901. The van der Waals surface area contributed by atoms with E-state index in [1.807, 2.05) is 32.1 Å². The number of hydrogen-bond acceptors (Lipinski definition) is 4. The van der Waals surface area contributed by atoms with Crippen LogP contribution in [-0.4, -0.2) is 43.1 Å². The van der Waals surface area contributed by atoms with Crippen molar-refractivity contribution in [3.63, 3.8) is 0 Å². The molecule has 2 N–H and O–H groups in total. The first kappa shape index (κ1) is 14.7. The number of ketones is 1. The maximum absolute atomic E-state index is 11.7. The molecular weight excluding hydrogens is 278 g/mol. The van der Waals surface area contributed by atoms with Gasteiger partial charge in [-0.3, -0.25) is 4.79 Å². The maximum atomic E-state index is 11.7. The minimum absolute atomic E-state index is 0.125. The molecule has 4 nitrogen and oxygen atoms in total. The average Bonchev–Trinajstić information content (AvgIpc) is 2.53. The van der Waals surface area contributed by atoms with E-state index in [1.54, 1.807) is 6.07 Å². The summed E-state index contributed by atoms with van der Waals surface area (Å²) in [6.45, 7) is 1.42. The van der Waals surface area contributed by atoms with E-state index in [2.05, 4.69) is 6.82 Å². The molecule has 1 atom stereocenters. The third-order valence-corrected chi connectivity index (χ3v) is 4.21. The van der Waals surface area contributed by atoms with Gasteiger partial charge in [0.1, 0.15) is 18.1 Å². The van der Waals surface area contributed by atoms with Crippen LogP contribution in [0.3, 0.4) is 0 Å². The summed E-state index contributed by atoms with van der Waals surface area (Å²) in [5.41, 5.74) is 1.07. The van der Waals surface area contributed by atoms with Crippen LogP contribution in [0.2, 0.25) is 6.82 Å². The van der Waals surface area contributed by atoms with Gasteiger partial charge >= 0.3 is 0 Å². The minimum Gasteiger partial charge on any atom is -0.507 e. The van der Waals surface area contributed by atoms with Crippen LogP contribution in [0.15, 0.2) is 30.3 Å². The van der Waals surface area contributed by atoms with Crippen LogP contribution in [0, 0.1) is 0 Å². The van der Waals surface area contributed by atoms with E-state index in [0.29, 0.717) is 5.75 Å². The molecule has 0 spiro atoms. The number of carbonyl (C=O) groups excluding carboxylic acids is 1. The van der Waals surface area contributed by atoms with Gasteiger partial charge in [-0.25, -0.2) is 0 Å². The molecule has 2 aromatic carbocycles. The highest BCUT2D eigenvalue weighted by Gasteiger charge is 2.27. The van der Waals surface area contributed by atoms with E-state index in [1.165, 1.54) is 6.07 Å². The van der Waals surface area contributed by atoms with Gasteiger partial charge in [0.2, 0.25) is 0 Å². The topological polar surface area (TPSA) is 66.8 Å². The van der Waals surface area contributed by atoms with Crippen molar-refractivity contribution >= 4 is 37.8 Å². The fourth-order valence-electron chi connectivity index (χ4n) is 2.63. The van der Waals surface area contributed by atoms with Gasteiger partial charge in [-0.05, 0) is 17.5 Å². The van der Waals surface area contributed by atoms with Crippen LogP contribution >= 0.6 is 0 Å². The molecule has 22 heavy (non-hydrogen) atoms. The van der Waals surface area contributed by atoms with Crippen LogP contribution in [0.1, 0.15) is 15.9 Å². The Morgan fingerprint density at radius 1 is 1.41 bits per heavy atom. The lowest BCUT2D eigenvalue weighted by atomic mass is 9.51. The molecule has 1 aliphatic heterocycles. The Hall–Kier alpha value is -2.20. The number of fused-ring (bicyclic) bond motifs is 3. The second-order valence-corrected chi connectivity index (χ2v) is 5.76. The normalized spacial score (nSPS) is 19.5. The average molecular weight is 294 g/mol. The Kier molecular flexibility index (Phi) is 3.49. The van der Waals surface area contributed by atoms with Gasteiger partial charge in [-0.2, -0.15) is 0 Å². The molecule has 1 unspecified atom stereocenters. The first-order valence-electron chi connectivity index (χ1n) is 7.29. The number of rotatable bonds is 3. The first-order valence-corrected chi connectivity index (χ1v) is 7.29. The minimum atomic E-state index is -0.628. The largest absolute Gasteiger partial charge is 0.507 e. The van der Waals surface area contributed by atoms with E-state index < -0.39 is 12.4 Å². The Labute approximate surface area is 130 Å². The molecule has 110 valence electrons. The molecule has 0 saturated carbocycles. The van der Waals surface area contributed by atoms with Crippen molar-refractivity contribution in [1.82, 2.24) is 0 Å². The first-order chi connectivity index (χ1) is 10.5. The third-order valence-electron chi connectivity index (χ3n) is 4.21. The summed E-state index contributed by atoms with van der Waals surface area (Å²) < 4.78 is 6.13. The molecule has 0 saturated heterocycles. The van der Waals surface area contributed by atoms with E-state index in [4.69, 9.17) is 9.84 Å². The highest BCUT2D eigenvalue weighted by Crippen LogP contribution is 2.39. The van der Waals surface area contributed by atoms with Crippen LogP contribution in [0.4, 0.5) is 0 Å². The molecule has 0 radical (unpaired) electrons. The number of Topliss-reactive ketones (excluding diaryl/α,β-unsaturated/α-hetero) is 1. The smallest absolute Gasteiger partial charge is 0.191 e. The van der Waals surface area contributed by atoms with Gasteiger partial charge in [0, 0.05) is 10.9 Å². The molecule has 0 bridgehead atoms. The summed E-state index contributed by atoms with van der Waals surface area (Å²) in [6.07, 6.45) is 4.05. The number of phenolic OH excluding ortho intramolecular Hbond substituents is 1. The fourth-order valence-corrected chi connectivity index (χ4v) is 2.63. The molecule has 1 aliphatic rings. The number of aromatic hydroxyl groups is 1. The standard InChI is InChI=1S/C16H16B2O4/c1-18-16(17)5-4-9-2-3-10-6-12(14(21)8-19)13(20)7-11(10)15(9)22-16/h2-7,18-20H,8,17H2,1H3. The number of ether oxygens (including phenoxy) is 1. The number of phenols is 1. The lowest BCUT2D eigenvalue weighted by Gasteiger charge is -2.31. The van der Waals surface area contributed by atoms with Gasteiger partial charge in [0.25, 0.3) is 0 Å². The molecule has 3 rings (SSSR count). The summed E-state index contributed by atoms with van der Waals surface area (Å²) in [5.74, 6) is 0.0651. The van der Waals surface area contributed by atoms with Crippen LogP contribution in [-0.2, 0) is 0 Å². The Bertz CT molecular complexity index is 800. The summed E-state index contributed by atoms with van der Waals surface area (Å²) in [4.78, 5) is 11.7. The zero-order valence-electron chi connectivity index (χ0n) is 12.6. The van der Waals surface area contributed by atoms with Crippen molar-refractivity contribution in [3.05, 3.63) is 41.5 Å². The van der Waals surface area contributed by atoms with E-state index in [-0.39, 0.29) is 16.7 Å². The Balaban J connectivity index is 2.22. The Morgan fingerprint density at radius 3 is 2.86 bits per heavy atom. The monoisotopic (exact) mass is 294 g/mol. The Morgan fingerprint density at radius 2 is 2.18 bits per heavy atom.